The summed E-state index contributed by atoms with van der Waals surface area (Å²) >= 11 is 0. The highest BCUT2D eigenvalue weighted by Gasteiger charge is 2.42. The Balaban J connectivity index is 1.37. The average Bonchev–Trinajstić information content (AvgIpc) is 3.21. The first-order valence-corrected chi connectivity index (χ1v) is 15.8. The van der Waals surface area contributed by atoms with Gasteiger partial charge in [-0.05, 0) is 52.3 Å². The Bertz CT molecular complexity index is 1360. The quantitative estimate of drug-likeness (QED) is 0.479. The number of benzene rings is 1. The molecule has 0 spiro atoms. The Kier molecular flexibility index (Phi) is 9.35. The summed E-state index contributed by atoms with van der Waals surface area (Å²) < 4.78 is 25.8. The lowest BCUT2D eigenvalue weighted by Crippen LogP contribution is -2.64. The van der Waals surface area contributed by atoms with E-state index in [1.807, 2.05) is 55.8 Å². The second kappa shape index (κ2) is 12.7. The van der Waals surface area contributed by atoms with E-state index >= 15 is 0 Å². The van der Waals surface area contributed by atoms with Crippen LogP contribution in [0.1, 0.15) is 65.3 Å². The molecule has 3 aliphatic rings. The number of piperazine rings is 1. The summed E-state index contributed by atoms with van der Waals surface area (Å²) in [6.07, 6.45) is 1.89. The summed E-state index contributed by atoms with van der Waals surface area (Å²) in [5.41, 5.74) is 2.31. The molecule has 0 radical (unpaired) electrons. The van der Waals surface area contributed by atoms with E-state index in [-0.39, 0.29) is 47.9 Å². The van der Waals surface area contributed by atoms with Crippen LogP contribution in [0.25, 0.3) is 0 Å². The highest BCUT2D eigenvalue weighted by atomic mass is 19.1. The number of halogens is 1. The van der Waals surface area contributed by atoms with Crippen LogP contribution in [0.4, 0.5) is 14.9 Å². The third kappa shape index (κ3) is 7.24. The molecule has 0 N–H and O–H groups in total. The van der Waals surface area contributed by atoms with Gasteiger partial charge >= 0.3 is 6.09 Å². The van der Waals surface area contributed by atoms with Crippen molar-refractivity contribution in [3.63, 3.8) is 0 Å². The van der Waals surface area contributed by atoms with Crippen LogP contribution in [0.15, 0.2) is 36.5 Å². The first-order valence-electron chi connectivity index (χ1n) is 15.8. The number of morpholine rings is 1. The molecule has 44 heavy (non-hydrogen) atoms. The van der Waals surface area contributed by atoms with E-state index in [9.17, 15) is 14.0 Å². The largest absolute Gasteiger partial charge is 0.444 e. The fourth-order valence-corrected chi connectivity index (χ4v) is 6.57. The second-order valence-electron chi connectivity index (χ2n) is 14.3. The Morgan fingerprint density at radius 2 is 1.86 bits per heavy atom. The lowest BCUT2D eigenvalue weighted by atomic mass is 9.88. The number of hydrogen-bond acceptors (Lipinski definition) is 7. The molecule has 1 aromatic heterocycles. The van der Waals surface area contributed by atoms with Crippen molar-refractivity contribution in [2.24, 2.45) is 0 Å². The molecule has 2 aromatic rings. The Morgan fingerprint density at radius 1 is 1.11 bits per heavy atom. The number of carbonyl (C=O) groups excluding carboxylic acids is 2. The molecule has 10 heteroatoms. The fraction of sp³-hybridized carbons (Fsp3) is 0.618. The Hall–Kier alpha value is -3.08. The molecule has 0 aliphatic carbocycles. The summed E-state index contributed by atoms with van der Waals surface area (Å²) in [6.45, 7) is 18.8. The van der Waals surface area contributed by atoms with Crippen molar-refractivity contribution in [2.45, 2.75) is 84.0 Å². The van der Waals surface area contributed by atoms with Crippen molar-refractivity contribution in [3.8, 4) is 0 Å². The molecule has 2 fully saturated rings. The van der Waals surface area contributed by atoms with Crippen LogP contribution in [0.3, 0.4) is 0 Å². The third-order valence-electron chi connectivity index (χ3n) is 9.01. The minimum atomic E-state index is -0.589. The molecule has 3 aliphatic heterocycles. The van der Waals surface area contributed by atoms with Gasteiger partial charge in [0.15, 0.2) is 0 Å². The van der Waals surface area contributed by atoms with Gasteiger partial charge < -0.3 is 19.3 Å². The first-order chi connectivity index (χ1) is 20.7. The van der Waals surface area contributed by atoms with E-state index in [1.165, 1.54) is 6.07 Å². The lowest BCUT2D eigenvalue weighted by molar-refractivity contribution is -0.121. The predicted octanol–water partition coefficient (Wildman–Crippen LogP) is 4.47. The van der Waals surface area contributed by atoms with Crippen LogP contribution in [-0.2, 0) is 26.1 Å². The van der Waals surface area contributed by atoms with Crippen molar-refractivity contribution in [2.75, 3.05) is 57.4 Å². The number of anilines is 1. The maximum Gasteiger partial charge on any atom is 0.410 e. The summed E-state index contributed by atoms with van der Waals surface area (Å²) in [5.74, 6) is -0.249. The zero-order chi connectivity index (χ0) is 31.8. The number of aromatic nitrogens is 1. The number of nitrogens with zero attached hydrogens (tertiary/aromatic N) is 5. The van der Waals surface area contributed by atoms with Crippen molar-refractivity contribution in [1.29, 1.82) is 0 Å². The zero-order valence-electron chi connectivity index (χ0n) is 27.3. The van der Waals surface area contributed by atoms with Crippen molar-refractivity contribution >= 4 is 17.7 Å². The summed E-state index contributed by atoms with van der Waals surface area (Å²) in [6, 6.07) is 8.76. The van der Waals surface area contributed by atoms with Gasteiger partial charge in [0.05, 0.1) is 25.4 Å². The van der Waals surface area contributed by atoms with Gasteiger partial charge in [-0.3, -0.25) is 19.6 Å². The topological polar surface area (TPSA) is 78.5 Å². The SMILES string of the molecule is CC1COCCN1C[C@H]1CN(C(=O)OC(C)(C)C)[C@H](C)CN1CC(=O)N1CC(C)(C)c2cnc(Cc3ccccc3F)cc21. The maximum atomic E-state index is 14.4. The molecule has 3 atom stereocenters. The van der Waals surface area contributed by atoms with Gasteiger partial charge in [-0.2, -0.15) is 0 Å². The molecule has 0 bridgehead atoms. The normalized spacial score (nSPS) is 24.3. The summed E-state index contributed by atoms with van der Waals surface area (Å²) in [5, 5.41) is 0. The molecule has 2 amide bonds. The molecule has 5 rings (SSSR count). The van der Waals surface area contributed by atoms with Crippen molar-refractivity contribution in [1.82, 2.24) is 19.7 Å². The van der Waals surface area contributed by atoms with Gasteiger partial charge in [-0.1, -0.05) is 32.0 Å². The molecule has 4 heterocycles. The number of rotatable bonds is 6. The van der Waals surface area contributed by atoms with E-state index in [1.54, 1.807) is 12.1 Å². The first kappa shape index (κ1) is 32.3. The minimum absolute atomic E-state index is 0.0119. The van der Waals surface area contributed by atoms with Gasteiger partial charge in [-0.25, -0.2) is 9.18 Å². The molecule has 2 saturated heterocycles. The average molecular weight is 610 g/mol. The van der Waals surface area contributed by atoms with E-state index in [4.69, 9.17) is 9.47 Å². The summed E-state index contributed by atoms with van der Waals surface area (Å²) in [7, 11) is 0. The second-order valence-corrected chi connectivity index (χ2v) is 14.3. The number of carbonyl (C=O) groups is 2. The van der Waals surface area contributed by atoms with Gasteiger partial charge in [-0.15, -0.1) is 0 Å². The van der Waals surface area contributed by atoms with E-state index < -0.39 is 5.60 Å². The zero-order valence-corrected chi connectivity index (χ0v) is 27.3. The van der Waals surface area contributed by atoms with Crippen LogP contribution in [-0.4, -0.2) is 108 Å². The molecule has 240 valence electrons. The molecular formula is C34H48FN5O4. The number of amides is 2. The highest BCUT2D eigenvalue weighted by Crippen LogP contribution is 2.41. The maximum absolute atomic E-state index is 14.4. The van der Waals surface area contributed by atoms with Crippen LogP contribution >= 0.6 is 0 Å². The van der Waals surface area contributed by atoms with Gasteiger partial charge in [0.2, 0.25) is 5.91 Å². The standard InChI is InChI=1S/C34H48FN5O4/c1-23-17-38(27(18-37-12-13-43-21-24(37)2)19-39(23)32(42)44-33(3,4)5)20-31(41)40-22-34(6,7)28-16-36-26(15-30(28)40)14-25-10-8-9-11-29(25)35/h8-11,15-16,23-24,27H,12-14,17-22H2,1-7H3/t23-,24?,27+/m1/s1. The van der Waals surface area contributed by atoms with Crippen LogP contribution < -0.4 is 4.90 Å². The van der Waals surface area contributed by atoms with Gasteiger partial charge in [0.25, 0.3) is 0 Å². The number of hydrogen-bond donors (Lipinski definition) is 0. The van der Waals surface area contributed by atoms with Crippen LogP contribution in [0.5, 0.6) is 0 Å². The number of ether oxygens (including phenoxy) is 2. The Labute approximate surface area is 261 Å². The minimum Gasteiger partial charge on any atom is -0.444 e. The molecule has 1 unspecified atom stereocenters. The van der Waals surface area contributed by atoms with E-state index in [2.05, 4.69) is 35.6 Å². The highest BCUT2D eigenvalue weighted by molar-refractivity contribution is 5.97. The number of fused-ring (bicyclic) bond motifs is 1. The molecule has 0 saturated carbocycles. The van der Waals surface area contributed by atoms with Gasteiger partial charge in [0, 0.05) is 80.1 Å². The van der Waals surface area contributed by atoms with Crippen molar-refractivity contribution < 1.29 is 23.5 Å². The fourth-order valence-electron chi connectivity index (χ4n) is 6.57. The van der Waals surface area contributed by atoms with E-state index in [0.717, 1.165) is 30.0 Å². The third-order valence-corrected chi connectivity index (χ3v) is 9.01. The van der Waals surface area contributed by atoms with Crippen LogP contribution in [0.2, 0.25) is 0 Å². The molecule has 9 nitrogen and oxygen atoms in total. The predicted molar refractivity (Wildman–Crippen MR) is 168 cm³/mol. The summed E-state index contributed by atoms with van der Waals surface area (Å²) in [4.78, 5) is 40.3. The van der Waals surface area contributed by atoms with Crippen molar-refractivity contribution in [3.05, 3.63) is 59.2 Å². The molecular weight excluding hydrogens is 561 g/mol. The van der Waals surface area contributed by atoms with Crippen LogP contribution in [0, 0.1) is 5.82 Å². The number of pyridine rings is 1. The molecule has 1 aromatic carbocycles. The smallest absolute Gasteiger partial charge is 0.410 e. The Morgan fingerprint density at radius 3 is 2.57 bits per heavy atom. The van der Waals surface area contributed by atoms with Gasteiger partial charge in [0.1, 0.15) is 11.4 Å². The monoisotopic (exact) mass is 609 g/mol. The van der Waals surface area contributed by atoms with E-state index in [0.29, 0.717) is 44.8 Å². The lowest BCUT2D eigenvalue weighted by Gasteiger charge is -2.47.